The summed E-state index contributed by atoms with van der Waals surface area (Å²) in [4.78, 5) is 14.3. The van der Waals surface area contributed by atoms with Crippen molar-refractivity contribution in [2.24, 2.45) is 0 Å². The van der Waals surface area contributed by atoms with E-state index in [1.54, 1.807) is 0 Å². The number of benzene rings is 1. The molecule has 1 aliphatic heterocycles. The lowest BCUT2D eigenvalue weighted by molar-refractivity contribution is -0.121. The van der Waals surface area contributed by atoms with Crippen LogP contribution in [0.3, 0.4) is 0 Å². The summed E-state index contributed by atoms with van der Waals surface area (Å²) in [6.45, 7) is 1.71. The fraction of sp³-hybridized carbons (Fsp3) is 0.467. The molecule has 4 heteroatoms. The van der Waals surface area contributed by atoms with Gasteiger partial charge in [0.25, 0.3) is 0 Å². The molecule has 1 aromatic carbocycles. The zero-order valence-corrected chi connectivity index (χ0v) is 11.2. The van der Waals surface area contributed by atoms with Crippen LogP contribution in [0.25, 0.3) is 0 Å². The Morgan fingerprint density at radius 1 is 1.53 bits per heavy atom. The highest BCUT2D eigenvalue weighted by molar-refractivity contribution is 5.86. The van der Waals surface area contributed by atoms with Gasteiger partial charge in [0.2, 0.25) is 5.91 Å². The van der Waals surface area contributed by atoms with Crippen LogP contribution in [0.1, 0.15) is 24.3 Å². The Morgan fingerprint density at radius 2 is 2.26 bits per heavy atom. The molecular weight excluding hydrogens is 238 g/mol. The first kappa shape index (κ1) is 13.6. The first-order valence-electron chi connectivity index (χ1n) is 6.65. The number of amides is 1. The molecule has 0 bridgehead atoms. The second kappa shape index (κ2) is 6.35. The number of nitrogens with one attached hydrogen (secondary N) is 1. The summed E-state index contributed by atoms with van der Waals surface area (Å²) in [5, 5.41) is 12.1. The van der Waals surface area contributed by atoms with E-state index in [4.69, 9.17) is 0 Å². The third-order valence-electron chi connectivity index (χ3n) is 3.71. The van der Waals surface area contributed by atoms with Crippen molar-refractivity contribution in [2.45, 2.75) is 24.8 Å². The van der Waals surface area contributed by atoms with E-state index in [2.05, 4.69) is 23.3 Å². The van der Waals surface area contributed by atoms with E-state index in [1.807, 2.05) is 30.3 Å². The van der Waals surface area contributed by atoms with Crippen LogP contribution in [0.2, 0.25) is 0 Å². The molecule has 0 saturated carbocycles. The number of hydrogen-bond acceptors (Lipinski definition) is 3. The van der Waals surface area contributed by atoms with Crippen molar-refractivity contribution in [3.8, 4) is 6.07 Å². The van der Waals surface area contributed by atoms with Crippen molar-refractivity contribution < 1.29 is 4.79 Å². The largest absolute Gasteiger partial charge is 0.353 e. The molecule has 1 N–H and O–H groups in total. The van der Waals surface area contributed by atoms with E-state index in [0.717, 1.165) is 18.5 Å². The third-order valence-corrected chi connectivity index (χ3v) is 3.71. The minimum Gasteiger partial charge on any atom is -0.353 e. The number of carbonyl (C=O) groups is 1. The summed E-state index contributed by atoms with van der Waals surface area (Å²) in [6, 6.07) is 11.7. The molecule has 1 heterocycles. The highest BCUT2D eigenvalue weighted by Gasteiger charge is 2.24. The Hall–Kier alpha value is -1.86. The lowest BCUT2D eigenvalue weighted by Crippen LogP contribution is -2.39. The molecule has 1 saturated heterocycles. The third kappa shape index (κ3) is 3.33. The van der Waals surface area contributed by atoms with E-state index in [1.165, 1.54) is 6.42 Å². The molecule has 1 fully saturated rings. The Labute approximate surface area is 114 Å². The lowest BCUT2D eigenvalue weighted by Gasteiger charge is -2.20. The van der Waals surface area contributed by atoms with Crippen molar-refractivity contribution in [1.29, 1.82) is 5.26 Å². The maximum absolute atomic E-state index is 12.1. The fourth-order valence-corrected chi connectivity index (χ4v) is 2.49. The Bertz CT molecular complexity index is 466. The molecule has 0 radical (unpaired) electrons. The number of hydrogen-bond donors (Lipinski definition) is 1. The van der Waals surface area contributed by atoms with Crippen molar-refractivity contribution >= 4 is 5.91 Å². The van der Waals surface area contributed by atoms with Gasteiger partial charge in [-0.05, 0) is 32.0 Å². The van der Waals surface area contributed by atoms with E-state index >= 15 is 0 Å². The molecule has 2 rings (SSSR count). The molecule has 0 aromatic heterocycles. The van der Waals surface area contributed by atoms with Crippen LogP contribution < -0.4 is 5.32 Å². The molecule has 1 aliphatic rings. The molecule has 100 valence electrons. The molecule has 19 heavy (non-hydrogen) atoms. The van der Waals surface area contributed by atoms with Gasteiger partial charge >= 0.3 is 0 Å². The predicted molar refractivity (Wildman–Crippen MR) is 73.5 cm³/mol. The monoisotopic (exact) mass is 257 g/mol. The van der Waals surface area contributed by atoms with Crippen molar-refractivity contribution in [2.75, 3.05) is 20.1 Å². The van der Waals surface area contributed by atoms with Gasteiger partial charge in [-0.25, -0.2) is 0 Å². The van der Waals surface area contributed by atoms with Crippen molar-refractivity contribution in [3.05, 3.63) is 35.9 Å². The molecule has 0 spiro atoms. The van der Waals surface area contributed by atoms with Gasteiger partial charge in [0, 0.05) is 12.6 Å². The van der Waals surface area contributed by atoms with Crippen LogP contribution in [-0.4, -0.2) is 37.0 Å². The topological polar surface area (TPSA) is 56.1 Å². The molecule has 0 aliphatic carbocycles. The number of rotatable bonds is 4. The van der Waals surface area contributed by atoms with Gasteiger partial charge < -0.3 is 10.2 Å². The Morgan fingerprint density at radius 3 is 2.84 bits per heavy atom. The number of likely N-dealkylation sites (tertiary alicyclic amines) is 1. The number of nitriles is 1. The van der Waals surface area contributed by atoms with Gasteiger partial charge in [-0.1, -0.05) is 30.3 Å². The number of likely N-dealkylation sites (N-methyl/N-ethyl adjacent to an activating group) is 1. The summed E-state index contributed by atoms with van der Waals surface area (Å²) >= 11 is 0. The van der Waals surface area contributed by atoms with E-state index in [9.17, 15) is 10.1 Å². The molecule has 4 nitrogen and oxygen atoms in total. The normalized spacial score (nSPS) is 20.7. The average Bonchev–Trinajstić information content (AvgIpc) is 2.84. The van der Waals surface area contributed by atoms with Gasteiger partial charge in [0.1, 0.15) is 5.92 Å². The first-order valence-corrected chi connectivity index (χ1v) is 6.65. The molecule has 1 aromatic rings. The van der Waals surface area contributed by atoms with E-state index in [-0.39, 0.29) is 5.91 Å². The SMILES string of the molecule is CN1CCCC1CNC(=O)C(C#N)c1ccccc1. The quantitative estimate of drug-likeness (QED) is 0.889. The highest BCUT2D eigenvalue weighted by atomic mass is 16.1. The van der Waals surface area contributed by atoms with Gasteiger partial charge in [-0.3, -0.25) is 4.79 Å². The van der Waals surface area contributed by atoms with Crippen molar-refractivity contribution in [1.82, 2.24) is 10.2 Å². The van der Waals surface area contributed by atoms with Gasteiger partial charge in [0.05, 0.1) is 6.07 Å². The van der Waals surface area contributed by atoms with Gasteiger partial charge in [0.15, 0.2) is 0 Å². The Kier molecular flexibility index (Phi) is 4.53. The number of nitrogens with zero attached hydrogens (tertiary/aromatic N) is 2. The Balaban J connectivity index is 1.93. The maximum atomic E-state index is 12.1. The van der Waals surface area contributed by atoms with Gasteiger partial charge in [-0.15, -0.1) is 0 Å². The van der Waals surface area contributed by atoms with E-state index < -0.39 is 5.92 Å². The molecule has 1 amide bonds. The summed E-state index contributed by atoms with van der Waals surface area (Å²) in [7, 11) is 2.07. The minimum atomic E-state index is -0.715. The summed E-state index contributed by atoms with van der Waals surface area (Å²) in [6.07, 6.45) is 2.29. The fourth-order valence-electron chi connectivity index (χ4n) is 2.49. The van der Waals surface area contributed by atoms with Crippen LogP contribution in [0, 0.1) is 11.3 Å². The second-order valence-corrected chi connectivity index (χ2v) is 4.99. The number of carbonyl (C=O) groups excluding carboxylic acids is 1. The predicted octanol–water partition coefficient (Wildman–Crippen LogP) is 1.50. The minimum absolute atomic E-state index is 0.200. The van der Waals surface area contributed by atoms with Gasteiger partial charge in [-0.2, -0.15) is 5.26 Å². The van der Waals surface area contributed by atoms with Crippen LogP contribution in [0.4, 0.5) is 0 Å². The van der Waals surface area contributed by atoms with E-state index in [0.29, 0.717) is 12.6 Å². The van der Waals surface area contributed by atoms with Crippen LogP contribution in [0.5, 0.6) is 0 Å². The standard InChI is InChI=1S/C15H19N3O/c1-18-9-5-8-13(18)11-17-15(19)14(10-16)12-6-3-2-4-7-12/h2-4,6-7,13-14H,5,8-9,11H2,1H3,(H,17,19). The van der Waals surface area contributed by atoms with Crippen molar-refractivity contribution in [3.63, 3.8) is 0 Å². The summed E-state index contributed by atoms with van der Waals surface area (Å²) in [5.41, 5.74) is 0.752. The molecular formula is C15H19N3O. The summed E-state index contributed by atoms with van der Waals surface area (Å²) < 4.78 is 0. The second-order valence-electron chi connectivity index (χ2n) is 4.99. The van der Waals surface area contributed by atoms with Crippen LogP contribution in [0.15, 0.2) is 30.3 Å². The maximum Gasteiger partial charge on any atom is 0.241 e. The highest BCUT2D eigenvalue weighted by Crippen LogP contribution is 2.16. The average molecular weight is 257 g/mol. The summed E-state index contributed by atoms with van der Waals surface area (Å²) in [5.74, 6) is -0.915. The zero-order chi connectivity index (χ0) is 13.7. The molecule has 2 atom stereocenters. The van der Waals surface area contributed by atoms with Crippen LogP contribution >= 0.6 is 0 Å². The zero-order valence-electron chi connectivity index (χ0n) is 11.2. The smallest absolute Gasteiger partial charge is 0.241 e. The molecule has 2 unspecified atom stereocenters. The van der Waals surface area contributed by atoms with Crippen LogP contribution in [-0.2, 0) is 4.79 Å². The lowest BCUT2D eigenvalue weighted by atomic mass is 10.00. The first-order chi connectivity index (χ1) is 9.22.